The molecule has 0 spiro atoms. The highest BCUT2D eigenvalue weighted by molar-refractivity contribution is 6.03. The largest absolute Gasteiger partial charge is 0.496 e. The van der Waals surface area contributed by atoms with Crippen molar-refractivity contribution in [2.45, 2.75) is 109 Å². The first-order valence-electron chi connectivity index (χ1n) is 21.5. The first-order valence-corrected chi connectivity index (χ1v) is 21.5. The number of benzene rings is 2. The standard InChI is InChI=1S/C46H62N2O11/c1-5-21-48(45(52)54-7-3)41-29-38(47-59-42-16-10-13-25-55-42)36-27-31(14-8-11-22-49)35(15-9-12-23-50)43-37-28-34(57-33-17-19-39(53-4)32(26-33)30-51)18-20-40(37)58-46(41,44(36)43)56-24-6-2/h6,17-20,26-28,30-31,35,41-44,49-50H,2,5,7-16,21-25,29H2,1,3-4H3. The molecule has 7 unspecified atom stereocenters. The zero-order valence-corrected chi connectivity index (χ0v) is 34.9. The van der Waals surface area contributed by atoms with Gasteiger partial charge in [-0.2, -0.15) is 0 Å². The van der Waals surface area contributed by atoms with Crippen LogP contribution < -0.4 is 14.2 Å². The Kier molecular flexibility index (Phi) is 15.9. The van der Waals surface area contributed by atoms with Gasteiger partial charge in [0, 0.05) is 44.1 Å². The molecule has 13 heteroatoms. The number of hydrogen-bond donors (Lipinski definition) is 2. The summed E-state index contributed by atoms with van der Waals surface area (Å²) in [4.78, 5) is 33.9. The molecule has 0 bridgehead atoms. The number of allylic oxidation sites excluding steroid dienone is 1. The molecule has 2 fully saturated rings. The molecule has 0 aromatic heterocycles. The predicted octanol–water partition coefficient (Wildman–Crippen LogP) is 8.33. The van der Waals surface area contributed by atoms with Crippen LogP contribution in [0.25, 0.3) is 0 Å². The smallest absolute Gasteiger partial charge is 0.410 e. The van der Waals surface area contributed by atoms with Crippen molar-refractivity contribution in [3.05, 3.63) is 71.8 Å². The second-order valence-electron chi connectivity index (χ2n) is 15.7. The van der Waals surface area contributed by atoms with Gasteiger partial charge in [-0.1, -0.05) is 37.1 Å². The topological polar surface area (TPSA) is 155 Å². The molecule has 1 saturated carbocycles. The Balaban J connectivity index is 1.57. The average molecular weight is 819 g/mol. The number of methoxy groups -OCH3 is 1. The second-order valence-corrected chi connectivity index (χ2v) is 15.7. The average Bonchev–Trinajstić information content (AvgIpc) is 3.25. The summed E-state index contributed by atoms with van der Waals surface area (Å²) in [5.74, 6) is 0.0425. The molecule has 7 atom stereocenters. The number of carbonyl (C=O) groups is 2. The van der Waals surface area contributed by atoms with E-state index < -0.39 is 30.1 Å². The molecule has 4 aliphatic rings. The van der Waals surface area contributed by atoms with Crippen LogP contribution in [0.3, 0.4) is 0 Å². The van der Waals surface area contributed by atoms with Gasteiger partial charge in [-0.15, -0.1) is 6.58 Å². The van der Waals surface area contributed by atoms with Crippen LogP contribution in [0.5, 0.6) is 23.0 Å². The number of nitrogens with zero attached hydrogens (tertiary/aromatic N) is 2. The monoisotopic (exact) mass is 818 g/mol. The van der Waals surface area contributed by atoms with Crippen LogP contribution in [0.4, 0.5) is 4.79 Å². The first kappa shape index (κ1) is 44.1. The molecule has 2 aliphatic carbocycles. The Hall–Kier alpha value is -4.43. The summed E-state index contributed by atoms with van der Waals surface area (Å²) in [7, 11) is 1.52. The van der Waals surface area contributed by atoms with Crippen molar-refractivity contribution in [3.63, 3.8) is 0 Å². The van der Waals surface area contributed by atoms with Crippen molar-refractivity contribution in [2.75, 3.05) is 46.7 Å². The Bertz CT molecular complexity index is 1790. The SMILES string of the molecule is C=CCOC12Oc3ccc(Oc4ccc(OC)c(C=O)c4)cc3C3C(CCCCO)C(CCCCO)C=C(C(=NOC4CCCCO4)CC1N(CCC)C(=O)OCC)C32. The molecule has 1 amide bonds. The number of ether oxygens (including phenoxy) is 6. The number of aliphatic hydroxyl groups excluding tert-OH is 2. The quantitative estimate of drug-likeness (QED) is 0.0541. The maximum atomic E-state index is 14.0. The molecular formula is C46H62N2O11. The molecule has 13 nitrogen and oxygen atoms in total. The highest BCUT2D eigenvalue weighted by Crippen LogP contribution is 2.62. The van der Waals surface area contributed by atoms with E-state index in [0.29, 0.717) is 66.7 Å². The Labute approximate surface area is 348 Å². The van der Waals surface area contributed by atoms with Crippen molar-refractivity contribution in [2.24, 2.45) is 22.9 Å². The molecule has 2 N–H and O–H groups in total. The number of rotatable bonds is 21. The van der Waals surface area contributed by atoms with Crippen LogP contribution in [0, 0.1) is 17.8 Å². The summed E-state index contributed by atoms with van der Waals surface area (Å²) in [6.45, 7) is 9.33. The van der Waals surface area contributed by atoms with Crippen molar-refractivity contribution >= 4 is 18.1 Å². The fourth-order valence-electron chi connectivity index (χ4n) is 9.45. The van der Waals surface area contributed by atoms with E-state index in [0.717, 1.165) is 62.4 Å². The van der Waals surface area contributed by atoms with Gasteiger partial charge in [0.15, 0.2) is 6.29 Å². The van der Waals surface area contributed by atoms with Crippen LogP contribution in [0.2, 0.25) is 0 Å². The maximum Gasteiger partial charge on any atom is 0.410 e. The summed E-state index contributed by atoms with van der Waals surface area (Å²) in [6, 6.07) is 10.2. The van der Waals surface area contributed by atoms with E-state index in [1.54, 1.807) is 36.1 Å². The minimum atomic E-state index is -1.40. The van der Waals surface area contributed by atoms with E-state index in [1.807, 2.05) is 25.1 Å². The van der Waals surface area contributed by atoms with E-state index in [-0.39, 0.29) is 50.6 Å². The molecule has 1 saturated heterocycles. The van der Waals surface area contributed by atoms with E-state index in [1.165, 1.54) is 7.11 Å². The van der Waals surface area contributed by atoms with Crippen LogP contribution in [-0.2, 0) is 19.0 Å². The van der Waals surface area contributed by atoms with Crippen LogP contribution in [-0.4, -0.2) is 98.0 Å². The number of aldehydes is 1. The summed E-state index contributed by atoms with van der Waals surface area (Å²) in [6.07, 6.45) is 11.9. The Morgan fingerprint density at radius 2 is 1.83 bits per heavy atom. The fraction of sp³-hybridized carbons (Fsp3) is 0.587. The molecule has 59 heavy (non-hydrogen) atoms. The number of oxime groups is 1. The second kappa shape index (κ2) is 21.2. The molecule has 2 aromatic carbocycles. The van der Waals surface area contributed by atoms with Crippen molar-refractivity contribution < 1.29 is 53.1 Å². The lowest BCUT2D eigenvalue weighted by Gasteiger charge is -2.59. The number of aliphatic hydroxyl groups is 2. The highest BCUT2D eigenvalue weighted by atomic mass is 16.8. The zero-order chi connectivity index (χ0) is 41.8. The minimum absolute atomic E-state index is 0.0334. The van der Waals surface area contributed by atoms with Gasteiger partial charge in [-0.3, -0.25) is 9.69 Å². The molecule has 2 heterocycles. The third-order valence-electron chi connectivity index (χ3n) is 12.0. The number of fused-ring (bicyclic) bond motifs is 2. The van der Waals surface area contributed by atoms with Gasteiger partial charge in [0.2, 0.25) is 12.1 Å². The molecule has 0 radical (unpaired) electrons. The van der Waals surface area contributed by atoms with E-state index >= 15 is 0 Å². The summed E-state index contributed by atoms with van der Waals surface area (Å²) in [5, 5.41) is 24.7. The summed E-state index contributed by atoms with van der Waals surface area (Å²) in [5.41, 5.74) is 2.91. The predicted molar refractivity (Wildman–Crippen MR) is 222 cm³/mol. The summed E-state index contributed by atoms with van der Waals surface area (Å²) < 4.78 is 37.8. The van der Waals surface area contributed by atoms with E-state index in [2.05, 4.69) is 12.7 Å². The number of amides is 1. The third-order valence-corrected chi connectivity index (χ3v) is 12.0. The van der Waals surface area contributed by atoms with Gasteiger partial charge >= 0.3 is 6.09 Å². The lowest BCUT2D eigenvalue weighted by Crippen LogP contribution is -2.70. The van der Waals surface area contributed by atoms with Crippen molar-refractivity contribution in [1.82, 2.24) is 4.90 Å². The highest BCUT2D eigenvalue weighted by Gasteiger charge is 2.65. The number of hydrogen-bond acceptors (Lipinski definition) is 12. The van der Waals surface area contributed by atoms with Crippen LogP contribution >= 0.6 is 0 Å². The molecule has 322 valence electrons. The first-order chi connectivity index (χ1) is 28.9. The van der Waals surface area contributed by atoms with Gasteiger partial charge in [-0.25, -0.2) is 4.79 Å². The van der Waals surface area contributed by atoms with Crippen LogP contribution in [0.1, 0.15) is 106 Å². The fourth-order valence-corrected chi connectivity index (χ4v) is 9.45. The van der Waals surface area contributed by atoms with Crippen molar-refractivity contribution in [3.8, 4) is 23.0 Å². The van der Waals surface area contributed by atoms with Crippen molar-refractivity contribution in [1.29, 1.82) is 0 Å². The van der Waals surface area contributed by atoms with Gasteiger partial charge < -0.3 is 43.5 Å². The Morgan fingerprint density at radius 3 is 2.53 bits per heavy atom. The van der Waals surface area contributed by atoms with Crippen LogP contribution in [0.15, 0.2) is 65.9 Å². The minimum Gasteiger partial charge on any atom is -0.496 e. The van der Waals surface area contributed by atoms with Gasteiger partial charge in [-0.05, 0) is 106 Å². The van der Waals surface area contributed by atoms with Gasteiger partial charge in [0.05, 0.1) is 44.1 Å². The normalized spacial score (nSPS) is 26.4. The Morgan fingerprint density at radius 1 is 1.05 bits per heavy atom. The number of unbranched alkanes of at least 4 members (excludes halogenated alkanes) is 2. The molecule has 6 rings (SSSR count). The number of carbonyl (C=O) groups excluding carboxylic acids is 2. The zero-order valence-electron chi connectivity index (χ0n) is 34.9. The molecule has 2 aromatic rings. The molecular weight excluding hydrogens is 757 g/mol. The van der Waals surface area contributed by atoms with Gasteiger partial charge in [0.1, 0.15) is 29.0 Å². The summed E-state index contributed by atoms with van der Waals surface area (Å²) >= 11 is 0. The van der Waals surface area contributed by atoms with E-state index in [4.69, 9.17) is 38.4 Å². The van der Waals surface area contributed by atoms with Gasteiger partial charge in [0.25, 0.3) is 0 Å². The molecule has 2 aliphatic heterocycles. The third kappa shape index (κ3) is 9.80. The lowest BCUT2D eigenvalue weighted by molar-refractivity contribution is -0.255. The maximum absolute atomic E-state index is 14.0. The lowest BCUT2D eigenvalue weighted by atomic mass is 9.55. The van der Waals surface area contributed by atoms with E-state index in [9.17, 15) is 19.8 Å².